The highest BCUT2D eigenvalue weighted by Gasteiger charge is 2.12. The van der Waals surface area contributed by atoms with E-state index in [1.165, 1.54) is 0 Å². The molecule has 18 heavy (non-hydrogen) atoms. The minimum Gasteiger partial charge on any atom is -0.373 e. The second-order valence-corrected chi connectivity index (χ2v) is 4.66. The Labute approximate surface area is 108 Å². The molecule has 0 aliphatic carbocycles. The predicted octanol–water partition coefficient (Wildman–Crippen LogP) is 1.70. The SMILES string of the molecule is CNc1cccc(NC(C)C(=O)NCC(C)C)n1. The van der Waals surface area contributed by atoms with Crippen LogP contribution in [0.4, 0.5) is 11.6 Å². The molecule has 0 radical (unpaired) electrons. The summed E-state index contributed by atoms with van der Waals surface area (Å²) in [5.74, 6) is 1.90. The fourth-order valence-electron chi connectivity index (χ4n) is 1.40. The van der Waals surface area contributed by atoms with Gasteiger partial charge in [-0.05, 0) is 25.0 Å². The van der Waals surface area contributed by atoms with Crippen LogP contribution in [0.1, 0.15) is 20.8 Å². The van der Waals surface area contributed by atoms with E-state index in [9.17, 15) is 4.79 Å². The van der Waals surface area contributed by atoms with Crippen molar-refractivity contribution in [3.05, 3.63) is 18.2 Å². The van der Waals surface area contributed by atoms with Gasteiger partial charge in [0.15, 0.2) is 0 Å². The van der Waals surface area contributed by atoms with Gasteiger partial charge in [0.25, 0.3) is 0 Å². The molecule has 1 atom stereocenters. The second-order valence-electron chi connectivity index (χ2n) is 4.66. The minimum atomic E-state index is -0.302. The highest BCUT2D eigenvalue weighted by Crippen LogP contribution is 2.09. The van der Waals surface area contributed by atoms with Gasteiger partial charge in [0, 0.05) is 13.6 Å². The molecule has 5 nitrogen and oxygen atoms in total. The lowest BCUT2D eigenvalue weighted by molar-refractivity contribution is -0.121. The molecule has 1 aromatic rings. The largest absolute Gasteiger partial charge is 0.373 e. The van der Waals surface area contributed by atoms with Crippen LogP contribution in [0.2, 0.25) is 0 Å². The van der Waals surface area contributed by atoms with Crippen LogP contribution < -0.4 is 16.0 Å². The lowest BCUT2D eigenvalue weighted by Gasteiger charge is -2.16. The monoisotopic (exact) mass is 250 g/mol. The number of amides is 1. The zero-order valence-corrected chi connectivity index (χ0v) is 11.4. The van der Waals surface area contributed by atoms with Crippen molar-refractivity contribution >= 4 is 17.5 Å². The van der Waals surface area contributed by atoms with Crippen LogP contribution in [0.15, 0.2) is 18.2 Å². The number of nitrogens with zero attached hydrogens (tertiary/aromatic N) is 1. The highest BCUT2D eigenvalue weighted by molar-refractivity contribution is 5.83. The first kappa shape index (κ1) is 14.3. The van der Waals surface area contributed by atoms with Crippen LogP contribution in [0, 0.1) is 5.92 Å². The van der Waals surface area contributed by atoms with E-state index in [1.54, 1.807) is 0 Å². The van der Waals surface area contributed by atoms with Gasteiger partial charge in [0.05, 0.1) is 0 Å². The van der Waals surface area contributed by atoms with E-state index in [0.29, 0.717) is 18.3 Å². The third kappa shape index (κ3) is 4.61. The average molecular weight is 250 g/mol. The maximum Gasteiger partial charge on any atom is 0.242 e. The van der Waals surface area contributed by atoms with Gasteiger partial charge in [-0.1, -0.05) is 19.9 Å². The molecule has 0 spiro atoms. The summed E-state index contributed by atoms with van der Waals surface area (Å²) in [7, 11) is 1.81. The Morgan fingerprint density at radius 2 is 1.94 bits per heavy atom. The van der Waals surface area contributed by atoms with Gasteiger partial charge in [0.1, 0.15) is 17.7 Å². The third-order valence-electron chi connectivity index (χ3n) is 2.45. The lowest BCUT2D eigenvalue weighted by Crippen LogP contribution is -2.39. The van der Waals surface area contributed by atoms with Crippen molar-refractivity contribution in [1.29, 1.82) is 0 Å². The van der Waals surface area contributed by atoms with E-state index in [-0.39, 0.29) is 11.9 Å². The molecule has 1 unspecified atom stereocenters. The Morgan fingerprint density at radius 1 is 1.28 bits per heavy atom. The summed E-state index contributed by atoms with van der Waals surface area (Å²) >= 11 is 0. The molecule has 0 saturated heterocycles. The first-order valence-electron chi connectivity index (χ1n) is 6.22. The zero-order valence-electron chi connectivity index (χ0n) is 11.4. The number of carbonyl (C=O) groups excluding carboxylic acids is 1. The quantitative estimate of drug-likeness (QED) is 0.719. The Hall–Kier alpha value is -1.78. The molecule has 1 rings (SSSR count). The van der Waals surface area contributed by atoms with Crippen LogP contribution >= 0.6 is 0 Å². The van der Waals surface area contributed by atoms with Crippen LogP contribution in [-0.4, -0.2) is 30.5 Å². The molecule has 100 valence electrons. The van der Waals surface area contributed by atoms with E-state index < -0.39 is 0 Å². The summed E-state index contributed by atoms with van der Waals surface area (Å²) in [5.41, 5.74) is 0. The molecule has 0 saturated carbocycles. The van der Waals surface area contributed by atoms with E-state index in [0.717, 1.165) is 5.82 Å². The molecule has 5 heteroatoms. The summed E-state index contributed by atoms with van der Waals surface area (Å²) in [6.07, 6.45) is 0. The molecule has 1 amide bonds. The van der Waals surface area contributed by atoms with Gasteiger partial charge in [0.2, 0.25) is 5.91 Å². The molecular formula is C13H22N4O. The first-order valence-corrected chi connectivity index (χ1v) is 6.22. The van der Waals surface area contributed by atoms with Gasteiger partial charge in [-0.3, -0.25) is 4.79 Å². The Balaban J connectivity index is 2.52. The van der Waals surface area contributed by atoms with Crippen molar-refractivity contribution in [1.82, 2.24) is 10.3 Å². The molecule has 3 N–H and O–H groups in total. The predicted molar refractivity (Wildman–Crippen MR) is 74.7 cm³/mol. The van der Waals surface area contributed by atoms with Crippen molar-refractivity contribution in [2.45, 2.75) is 26.8 Å². The number of nitrogens with one attached hydrogen (secondary N) is 3. The maximum atomic E-state index is 11.8. The van der Waals surface area contributed by atoms with Crippen molar-refractivity contribution in [2.24, 2.45) is 5.92 Å². The smallest absolute Gasteiger partial charge is 0.242 e. The van der Waals surface area contributed by atoms with Crippen LogP contribution in [-0.2, 0) is 4.79 Å². The van der Waals surface area contributed by atoms with Gasteiger partial charge in [-0.15, -0.1) is 0 Å². The topological polar surface area (TPSA) is 66.0 Å². The first-order chi connectivity index (χ1) is 8.52. The number of rotatable bonds is 6. The molecule has 0 bridgehead atoms. The maximum absolute atomic E-state index is 11.8. The minimum absolute atomic E-state index is 0.0136. The van der Waals surface area contributed by atoms with Crippen LogP contribution in [0.25, 0.3) is 0 Å². The van der Waals surface area contributed by atoms with E-state index in [1.807, 2.05) is 32.2 Å². The summed E-state index contributed by atoms with van der Waals surface area (Å²) in [4.78, 5) is 16.1. The highest BCUT2D eigenvalue weighted by atomic mass is 16.2. The molecule has 0 aromatic carbocycles. The van der Waals surface area contributed by atoms with E-state index >= 15 is 0 Å². The molecule has 0 aliphatic rings. The van der Waals surface area contributed by atoms with Crippen LogP contribution in [0.3, 0.4) is 0 Å². The molecule has 1 aromatic heterocycles. The summed E-state index contributed by atoms with van der Waals surface area (Å²) in [5, 5.41) is 8.92. The summed E-state index contributed by atoms with van der Waals surface area (Å²) in [6.45, 7) is 6.64. The molecule has 1 heterocycles. The summed E-state index contributed by atoms with van der Waals surface area (Å²) < 4.78 is 0. The van der Waals surface area contributed by atoms with Crippen LogP contribution in [0.5, 0.6) is 0 Å². The fraction of sp³-hybridized carbons (Fsp3) is 0.538. The Kier molecular flexibility index (Phi) is 5.42. The van der Waals surface area contributed by atoms with Gasteiger partial charge >= 0.3 is 0 Å². The standard InChI is InChI=1S/C13H22N4O/c1-9(2)8-15-13(18)10(3)16-12-7-5-6-11(14-4)17-12/h5-7,9-10H,8H2,1-4H3,(H,15,18)(H2,14,16,17). The van der Waals surface area contributed by atoms with E-state index in [2.05, 4.69) is 34.8 Å². The van der Waals surface area contributed by atoms with Crippen molar-refractivity contribution in [3.8, 4) is 0 Å². The number of anilines is 2. The van der Waals surface area contributed by atoms with Gasteiger partial charge in [-0.25, -0.2) is 4.98 Å². The summed E-state index contributed by atoms with van der Waals surface area (Å²) in [6, 6.07) is 5.30. The molecule has 0 fully saturated rings. The number of carbonyl (C=O) groups is 1. The Morgan fingerprint density at radius 3 is 2.56 bits per heavy atom. The van der Waals surface area contributed by atoms with Gasteiger partial charge in [-0.2, -0.15) is 0 Å². The number of hydrogen-bond donors (Lipinski definition) is 3. The van der Waals surface area contributed by atoms with Gasteiger partial charge < -0.3 is 16.0 Å². The number of pyridine rings is 1. The zero-order chi connectivity index (χ0) is 13.5. The normalized spacial score (nSPS) is 12.1. The number of hydrogen-bond acceptors (Lipinski definition) is 4. The number of aromatic nitrogens is 1. The van der Waals surface area contributed by atoms with E-state index in [4.69, 9.17) is 0 Å². The van der Waals surface area contributed by atoms with Crippen molar-refractivity contribution in [3.63, 3.8) is 0 Å². The third-order valence-corrected chi connectivity index (χ3v) is 2.45. The molecule has 0 aliphatic heterocycles. The van der Waals surface area contributed by atoms with Crippen molar-refractivity contribution in [2.75, 3.05) is 24.2 Å². The lowest BCUT2D eigenvalue weighted by atomic mass is 10.2. The Bertz CT molecular complexity index is 392. The fourth-order valence-corrected chi connectivity index (χ4v) is 1.40. The molecular weight excluding hydrogens is 228 g/mol. The second kappa shape index (κ2) is 6.83. The average Bonchev–Trinajstić information content (AvgIpc) is 2.36. The van der Waals surface area contributed by atoms with Crippen molar-refractivity contribution < 1.29 is 4.79 Å².